The van der Waals surface area contributed by atoms with Crippen molar-refractivity contribution in [2.45, 2.75) is 56.9 Å². The van der Waals surface area contributed by atoms with Crippen molar-refractivity contribution in [1.82, 2.24) is 0 Å². The molecule has 1 fully saturated rings. The second-order valence-electron chi connectivity index (χ2n) is 5.30. The summed E-state index contributed by atoms with van der Waals surface area (Å²) < 4.78 is 0. The van der Waals surface area contributed by atoms with Crippen LogP contribution in [-0.4, -0.2) is 18.3 Å². The third-order valence-electron chi connectivity index (χ3n) is 4.07. The van der Waals surface area contributed by atoms with Crippen molar-refractivity contribution in [2.24, 2.45) is 0 Å². The van der Waals surface area contributed by atoms with Gasteiger partial charge in [0.05, 0.1) is 11.3 Å². The molecule has 2 rings (SSSR count). The molecule has 0 aliphatic carbocycles. The van der Waals surface area contributed by atoms with Crippen LogP contribution in [0.25, 0.3) is 0 Å². The maximum absolute atomic E-state index is 9.60. The molecule has 1 atom stereocenters. The minimum Gasteiger partial charge on any atom is -0.367 e. The predicted octanol–water partition coefficient (Wildman–Crippen LogP) is 4.83. The second-order valence-corrected chi connectivity index (χ2v) is 6.61. The van der Waals surface area contributed by atoms with Crippen LogP contribution in [0, 0.1) is 11.3 Å². The van der Waals surface area contributed by atoms with Gasteiger partial charge >= 0.3 is 0 Å². The van der Waals surface area contributed by atoms with Gasteiger partial charge in [-0.2, -0.15) is 5.26 Å². The van der Waals surface area contributed by atoms with E-state index in [-0.39, 0.29) is 0 Å². The van der Waals surface area contributed by atoms with E-state index in [0.29, 0.717) is 6.04 Å². The second kappa shape index (κ2) is 7.59. The number of thioether (sulfide) groups is 1. The number of rotatable bonds is 4. The monoisotopic (exact) mass is 288 g/mol. The average molecular weight is 288 g/mol. The van der Waals surface area contributed by atoms with Crippen molar-refractivity contribution >= 4 is 17.4 Å². The van der Waals surface area contributed by atoms with Crippen molar-refractivity contribution in [3.63, 3.8) is 0 Å². The van der Waals surface area contributed by atoms with Crippen LogP contribution < -0.4 is 4.90 Å². The van der Waals surface area contributed by atoms with Gasteiger partial charge in [-0.15, -0.1) is 11.8 Å². The lowest BCUT2D eigenvalue weighted by Crippen LogP contribution is -2.35. The van der Waals surface area contributed by atoms with Gasteiger partial charge in [0.1, 0.15) is 6.07 Å². The number of hydrogen-bond acceptors (Lipinski definition) is 3. The summed E-state index contributed by atoms with van der Waals surface area (Å²) in [6.07, 6.45) is 6.30. The molecule has 1 aliphatic heterocycles. The Labute approximate surface area is 127 Å². The molecule has 0 radical (unpaired) electrons. The molecular weight excluding hydrogens is 264 g/mol. The van der Waals surface area contributed by atoms with Gasteiger partial charge in [-0.3, -0.25) is 0 Å². The molecule has 2 nitrogen and oxygen atoms in total. The van der Waals surface area contributed by atoms with Crippen molar-refractivity contribution in [3.8, 4) is 6.07 Å². The molecule has 1 saturated heterocycles. The highest BCUT2D eigenvalue weighted by molar-refractivity contribution is 7.99. The number of hydrogen-bond donors (Lipinski definition) is 0. The fraction of sp³-hybridized carbons (Fsp3) is 0.588. The summed E-state index contributed by atoms with van der Waals surface area (Å²) in [5.74, 6) is 1.01. The molecule has 1 unspecified atom stereocenters. The van der Waals surface area contributed by atoms with Gasteiger partial charge in [0.15, 0.2) is 0 Å². The first-order valence-corrected chi connectivity index (χ1v) is 8.72. The van der Waals surface area contributed by atoms with Crippen LogP contribution in [0.4, 0.5) is 5.69 Å². The molecule has 20 heavy (non-hydrogen) atoms. The Morgan fingerprint density at radius 2 is 2.15 bits per heavy atom. The van der Waals surface area contributed by atoms with E-state index in [2.05, 4.69) is 43.0 Å². The maximum Gasteiger partial charge on any atom is 0.103 e. The molecule has 1 heterocycles. The van der Waals surface area contributed by atoms with E-state index >= 15 is 0 Å². The fourth-order valence-corrected chi connectivity index (χ4v) is 3.85. The van der Waals surface area contributed by atoms with Crippen LogP contribution in [-0.2, 0) is 0 Å². The van der Waals surface area contributed by atoms with Crippen LogP contribution in [0.1, 0.15) is 51.5 Å². The van der Waals surface area contributed by atoms with Crippen LogP contribution >= 0.6 is 11.8 Å². The molecule has 1 aromatic rings. The van der Waals surface area contributed by atoms with Gasteiger partial charge in [0, 0.05) is 17.5 Å². The molecule has 108 valence electrons. The van der Waals surface area contributed by atoms with E-state index in [1.54, 1.807) is 11.8 Å². The Bertz CT molecular complexity index is 478. The van der Waals surface area contributed by atoms with Crippen molar-refractivity contribution in [3.05, 3.63) is 23.8 Å². The van der Waals surface area contributed by atoms with Crippen molar-refractivity contribution < 1.29 is 0 Å². The van der Waals surface area contributed by atoms with Gasteiger partial charge in [0.25, 0.3) is 0 Å². The Balaban J connectivity index is 2.39. The minimum absolute atomic E-state index is 0.589. The summed E-state index contributed by atoms with van der Waals surface area (Å²) in [5.41, 5.74) is 2.03. The Morgan fingerprint density at radius 3 is 2.85 bits per heavy atom. The lowest BCUT2D eigenvalue weighted by Gasteiger charge is -2.32. The quantitative estimate of drug-likeness (QED) is 0.743. The van der Waals surface area contributed by atoms with E-state index in [1.165, 1.54) is 25.7 Å². The molecule has 0 amide bonds. The molecule has 0 spiro atoms. The van der Waals surface area contributed by atoms with Gasteiger partial charge in [-0.25, -0.2) is 0 Å². The molecule has 0 bridgehead atoms. The Morgan fingerprint density at radius 1 is 1.30 bits per heavy atom. The fourth-order valence-electron chi connectivity index (χ4n) is 3.07. The third kappa shape index (κ3) is 3.30. The molecule has 0 N–H and O–H groups in total. The van der Waals surface area contributed by atoms with E-state index in [1.807, 2.05) is 0 Å². The van der Waals surface area contributed by atoms with Crippen LogP contribution in [0.5, 0.6) is 0 Å². The van der Waals surface area contributed by atoms with Gasteiger partial charge < -0.3 is 4.90 Å². The van der Waals surface area contributed by atoms with Gasteiger partial charge in [-0.05, 0) is 37.1 Å². The summed E-state index contributed by atoms with van der Waals surface area (Å²) in [7, 11) is 0. The third-order valence-corrected chi connectivity index (χ3v) is 5.01. The topological polar surface area (TPSA) is 27.0 Å². The SMILES string of the molecule is CCSc1cccc(N2CCCCCC2CC)c1C#N. The normalized spacial score (nSPS) is 19.4. The zero-order valence-electron chi connectivity index (χ0n) is 12.6. The van der Waals surface area contributed by atoms with E-state index in [0.717, 1.165) is 34.9 Å². The maximum atomic E-state index is 9.60. The molecule has 1 aromatic carbocycles. The summed E-state index contributed by atoms with van der Waals surface area (Å²) in [6.45, 7) is 5.49. The first-order valence-electron chi connectivity index (χ1n) is 7.74. The molecule has 3 heteroatoms. The van der Waals surface area contributed by atoms with Gasteiger partial charge in [0.2, 0.25) is 0 Å². The van der Waals surface area contributed by atoms with Crippen LogP contribution in [0.15, 0.2) is 23.1 Å². The summed E-state index contributed by atoms with van der Waals surface area (Å²) in [5, 5.41) is 9.60. The zero-order chi connectivity index (χ0) is 14.4. The molecule has 0 aromatic heterocycles. The molecular formula is C17H24N2S. The largest absolute Gasteiger partial charge is 0.367 e. The predicted molar refractivity (Wildman–Crippen MR) is 87.4 cm³/mol. The van der Waals surface area contributed by atoms with Gasteiger partial charge in [-0.1, -0.05) is 32.8 Å². The molecule has 0 saturated carbocycles. The van der Waals surface area contributed by atoms with Crippen LogP contribution in [0.2, 0.25) is 0 Å². The Hall–Kier alpha value is -1.14. The first-order chi connectivity index (χ1) is 9.81. The highest BCUT2D eigenvalue weighted by Gasteiger charge is 2.22. The van der Waals surface area contributed by atoms with Crippen molar-refractivity contribution in [1.29, 1.82) is 5.26 Å². The molecule has 1 aliphatic rings. The van der Waals surface area contributed by atoms with E-state index in [9.17, 15) is 5.26 Å². The van der Waals surface area contributed by atoms with E-state index < -0.39 is 0 Å². The smallest absolute Gasteiger partial charge is 0.103 e. The highest BCUT2D eigenvalue weighted by atomic mass is 32.2. The Kier molecular flexibility index (Phi) is 5.79. The standard InChI is InChI=1S/C17H24N2S/c1-3-14-9-6-5-7-12-19(14)16-10-8-11-17(20-4-2)15(16)13-18/h8,10-11,14H,3-7,9,12H2,1-2H3. The number of nitriles is 1. The lowest BCUT2D eigenvalue weighted by molar-refractivity contribution is 0.555. The zero-order valence-corrected chi connectivity index (χ0v) is 13.4. The first kappa shape index (κ1) is 15.3. The number of anilines is 1. The number of nitrogens with zero attached hydrogens (tertiary/aromatic N) is 2. The van der Waals surface area contributed by atoms with Crippen LogP contribution in [0.3, 0.4) is 0 Å². The van der Waals surface area contributed by atoms with E-state index in [4.69, 9.17) is 0 Å². The minimum atomic E-state index is 0.589. The highest BCUT2D eigenvalue weighted by Crippen LogP contribution is 2.33. The summed E-state index contributed by atoms with van der Waals surface area (Å²) >= 11 is 1.77. The van der Waals surface area contributed by atoms with Crippen molar-refractivity contribution in [2.75, 3.05) is 17.2 Å². The summed E-state index contributed by atoms with van der Waals surface area (Å²) in [6, 6.07) is 9.35. The average Bonchev–Trinajstić information content (AvgIpc) is 2.72. The lowest BCUT2D eigenvalue weighted by atomic mass is 10.1. The number of benzene rings is 1. The summed E-state index contributed by atoms with van der Waals surface area (Å²) in [4.78, 5) is 3.62.